The molecule has 0 saturated carbocycles. The first-order valence-electron chi connectivity index (χ1n) is 7.34. The highest BCUT2D eigenvalue weighted by atomic mass is 32.1. The van der Waals surface area contributed by atoms with Crippen molar-refractivity contribution in [2.24, 2.45) is 0 Å². The Bertz CT molecular complexity index is 793. The van der Waals surface area contributed by atoms with Gasteiger partial charge in [-0.15, -0.1) is 0 Å². The molecule has 0 radical (unpaired) electrons. The lowest BCUT2D eigenvalue weighted by molar-refractivity contribution is -0.137. The molecule has 132 valence electrons. The summed E-state index contributed by atoms with van der Waals surface area (Å²) in [6.07, 6.45) is -3.48. The van der Waals surface area contributed by atoms with Crippen LogP contribution >= 0.6 is 12.2 Å². The average molecular weight is 367 g/mol. The van der Waals surface area contributed by atoms with Crippen LogP contribution in [-0.4, -0.2) is 23.1 Å². The Labute approximate surface area is 148 Å². The first-order valence-corrected chi connectivity index (χ1v) is 7.75. The average Bonchev–Trinajstić information content (AvgIpc) is 2.54. The minimum atomic E-state index is -4.52. The maximum atomic E-state index is 13.0. The summed E-state index contributed by atoms with van der Waals surface area (Å²) in [4.78, 5) is 16.6. The fourth-order valence-corrected chi connectivity index (χ4v) is 2.44. The number of aryl methyl sites for hydroxylation is 1. The van der Waals surface area contributed by atoms with Crippen LogP contribution in [0.1, 0.15) is 28.3 Å². The molecule has 8 heteroatoms. The molecule has 0 saturated heterocycles. The van der Waals surface area contributed by atoms with Crippen LogP contribution in [0, 0.1) is 6.92 Å². The topological polar surface area (TPSA) is 54.0 Å². The largest absolute Gasteiger partial charge is 0.416 e. The zero-order valence-electron chi connectivity index (χ0n) is 13.5. The summed E-state index contributed by atoms with van der Waals surface area (Å²) in [5.41, 5.74) is 0.540. The van der Waals surface area contributed by atoms with Crippen molar-refractivity contribution in [3.05, 3.63) is 65.0 Å². The summed E-state index contributed by atoms with van der Waals surface area (Å²) < 4.78 is 39.0. The zero-order chi connectivity index (χ0) is 18.6. The minimum absolute atomic E-state index is 0.00294. The quantitative estimate of drug-likeness (QED) is 0.819. The predicted molar refractivity (Wildman–Crippen MR) is 92.1 cm³/mol. The number of nitrogens with one attached hydrogen (secondary N) is 2. The molecule has 2 N–H and O–H groups in total. The molecule has 2 aromatic rings. The van der Waals surface area contributed by atoms with Gasteiger partial charge in [0.05, 0.1) is 11.3 Å². The van der Waals surface area contributed by atoms with E-state index in [1.807, 2.05) is 13.0 Å². The number of nitrogens with zero attached hydrogens (tertiary/aromatic N) is 1. The molecule has 1 aromatic carbocycles. The highest BCUT2D eigenvalue weighted by Crippen LogP contribution is 2.32. The fraction of sp³-hybridized carbons (Fsp3) is 0.235. The molecule has 0 fully saturated rings. The molecule has 1 heterocycles. The van der Waals surface area contributed by atoms with E-state index in [-0.39, 0.29) is 10.8 Å². The molecular formula is C17H16F3N3OS. The molecule has 0 aliphatic carbocycles. The van der Waals surface area contributed by atoms with Gasteiger partial charge in [0.2, 0.25) is 5.91 Å². The Morgan fingerprint density at radius 3 is 2.56 bits per heavy atom. The van der Waals surface area contributed by atoms with Gasteiger partial charge in [-0.2, -0.15) is 13.2 Å². The summed E-state index contributed by atoms with van der Waals surface area (Å²) in [7, 11) is 1.53. The molecule has 1 aromatic heterocycles. The van der Waals surface area contributed by atoms with Gasteiger partial charge in [0.1, 0.15) is 5.92 Å². The summed E-state index contributed by atoms with van der Waals surface area (Å²) >= 11 is 4.92. The molecular weight excluding hydrogens is 351 g/mol. The van der Waals surface area contributed by atoms with Crippen molar-refractivity contribution < 1.29 is 18.0 Å². The number of thiocarbonyl (C=S) groups is 1. The molecule has 1 amide bonds. The molecule has 4 nitrogen and oxygen atoms in total. The van der Waals surface area contributed by atoms with Crippen LogP contribution in [0.3, 0.4) is 0 Å². The Balaban J connectivity index is 2.52. The number of hydrogen-bond acceptors (Lipinski definition) is 3. The van der Waals surface area contributed by atoms with Crippen LogP contribution in [-0.2, 0) is 11.0 Å². The minimum Gasteiger partial charge on any atom is -0.365 e. The third-order valence-electron chi connectivity index (χ3n) is 3.51. The maximum Gasteiger partial charge on any atom is 0.416 e. The standard InChI is InChI=1S/C17H16F3N3OS/c1-10-4-3-5-11(8-10)14(15(24)23-16(25)21-2)13-9-12(6-7-22-13)17(18,19)20/h3-9,14H,1-2H3,(H2,21,23,24,25). The van der Waals surface area contributed by atoms with E-state index in [1.165, 1.54) is 7.05 Å². The van der Waals surface area contributed by atoms with Gasteiger partial charge in [-0.05, 0) is 36.8 Å². The lowest BCUT2D eigenvalue weighted by atomic mass is 9.92. The normalized spacial score (nSPS) is 12.4. The number of pyridine rings is 1. The van der Waals surface area contributed by atoms with E-state index in [4.69, 9.17) is 12.2 Å². The third kappa shape index (κ3) is 4.76. The first-order chi connectivity index (χ1) is 11.7. The van der Waals surface area contributed by atoms with Gasteiger partial charge in [0, 0.05) is 13.2 Å². The van der Waals surface area contributed by atoms with E-state index in [0.29, 0.717) is 5.56 Å². The maximum absolute atomic E-state index is 13.0. The van der Waals surface area contributed by atoms with Crippen molar-refractivity contribution in [2.75, 3.05) is 7.05 Å². The lowest BCUT2D eigenvalue weighted by Crippen LogP contribution is -2.40. The summed E-state index contributed by atoms with van der Waals surface area (Å²) in [5.74, 6) is -1.58. The first kappa shape index (κ1) is 18.9. The molecule has 1 unspecified atom stereocenters. The van der Waals surface area contributed by atoms with Gasteiger partial charge < -0.3 is 10.6 Å². The number of benzene rings is 1. The Morgan fingerprint density at radius 1 is 1.24 bits per heavy atom. The fourth-order valence-electron chi connectivity index (χ4n) is 2.34. The second kappa shape index (κ2) is 7.60. The molecule has 25 heavy (non-hydrogen) atoms. The Kier molecular flexibility index (Phi) is 5.73. The monoisotopic (exact) mass is 367 g/mol. The number of hydrogen-bond donors (Lipinski definition) is 2. The van der Waals surface area contributed by atoms with Gasteiger partial charge >= 0.3 is 6.18 Å². The van der Waals surface area contributed by atoms with Gasteiger partial charge in [-0.1, -0.05) is 29.8 Å². The van der Waals surface area contributed by atoms with Gasteiger partial charge in [0.25, 0.3) is 0 Å². The summed E-state index contributed by atoms with van der Waals surface area (Å²) in [6, 6.07) is 8.71. The zero-order valence-corrected chi connectivity index (χ0v) is 14.3. The lowest BCUT2D eigenvalue weighted by Gasteiger charge is -2.19. The van der Waals surface area contributed by atoms with Crippen LogP contribution in [0.15, 0.2) is 42.6 Å². The summed E-state index contributed by atoms with van der Waals surface area (Å²) in [5, 5.41) is 5.14. The molecule has 1 atom stereocenters. The van der Waals surface area contributed by atoms with Crippen molar-refractivity contribution in [2.45, 2.75) is 19.0 Å². The van der Waals surface area contributed by atoms with Gasteiger partial charge in [0.15, 0.2) is 5.11 Å². The molecule has 0 bridgehead atoms. The van der Waals surface area contributed by atoms with E-state index >= 15 is 0 Å². The Hall–Kier alpha value is -2.48. The molecule has 2 rings (SSSR count). The second-order valence-corrected chi connectivity index (χ2v) is 5.79. The van der Waals surface area contributed by atoms with Crippen LogP contribution < -0.4 is 10.6 Å². The van der Waals surface area contributed by atoms with E-state index < -0.39 is 23.6 Å². The van der Waals surface area contributed by atoms with E-state index in [1.54, 1.807) is 18.2 Å². The van der Waals surface area contributed by atoms with Crippen LogP contribution in [0.5, 0.6) is 0 Å². The third-order valence-corrected chi connectivity index (χ3v) is 3.81. The van der Waals surface area contributed by atoms with Crippen molar-refractivity contribution in [3.8, 4) is 0 Å². The number of amides is 1. The van der Waals surface area contributed by atoms with Crippen molar-refractivity contribution in [1.82, 2.24) is 15.6 Å². The predicted octanol–water partition coefficient (Wildman–Crippen LogP) is 3.16. The highest BCUT2D eigenvalue weighted by Gasteiger charge is 2.33. The van der Waals surface area contributed by atoms with Crippen LogP contribution in [0.2, 0.25) is 0 Å². The number of halogens is 3. The van der Waals surface area contributed by atoms with Gasteiger partial charge in [-0.25, -0.2) is 0 Å². The van der Waals surface area contributed by atoms with E-state index in [2.05, 4.69) is 15.6 Å². The smallest absolute Gasteiger partial charge is 0.365 e. The van der Waals surface area contributed by atoms with Crippen LogP contribution in [0.25, 0.3) is 0 Å². The highest BCUT2D eigenvalue weighted by molar-refractivity contribution is 7.80. The van der Waals surface area contributed by atoms with Crippen LogP contribution in [0.4, 0.5) is 13.2 Å². The van der Waals surface area contributed by atoms with Gasteiger partial charge in [-0.3, -0.25) is 9.78 Å². The SMILES string of the molecule is CNC(=S)NC(=O)C(c1cccc(C)c1)c1cc(C(F)(F)F)ccn1. The number of alkyl halides is 3. The van der Waals surface area contributed by atoms with E-state index in [9.17, 15) is 18.0 Å². The number of carbonyl (C=O) groups excluding carboxylic acids is 1. The van der Waals surface area contributed by atoms with Crippen molar-refractivity contribution in [1.29, 1.82) is 0 Å². The number of rotatable bonds is 3. The number of carbonyl (C=O) groups is 1. The molecule has 0 aliphatic heterocycles. The Morgan fingerprint density at radius 2 is 1.96 bits per heavy atom. The van der Waals surface area contributed by atoms with Crippen molar-refractivity contribution >= 4 is 23.2 Å². The molecule has 0 aliphatic rings. The molecule has 0 spiro atoms. The summed E-state index contributed by atoms with van der Waals surface area (Å²) in [6.45, 7) is 1.83. The number of aromatic nitrogens is 1. The van der Waals surface area contributed by atoms with E-state index in [0.717, 1.165) is 23.9 Å². The van der Waals surface area contributed by atoms with Crippen molar-refractivity contribution in [3.63, 3.8) is 0 Å². The second-order valence-electron chi connectivity index (χ2n) is 5.38.